The van der Waals surface area contributed by atoms with E-state index in [0.29, 0.717) is 10.6 Å². The van der Waals surface area contributed by atoms with Crippen molar-refractivity contribution in [2.75, 3.05) is 18.5 Å². The van der Waals surface area contributed by atoms with Crippen molar-refractivity contribution in [3.8, 4) is 5.75 Å². The number of carbonyl (C=O) groups excluding carboxylic acids is 2. The Labute approximate surface area is 152 Å². The van der Waals surface area contributed by atoms with Crippen molar-refractivity contribution in [3.05, 3.63) is 59.7 Å². The number of anilines is 1. The second-order valence-corrected chi connectivity index (χ2v) is 5.84. The lowest BCUT2D eigenvalue weighted by Crippen LogP contribution is -2.47. The standard InChI is InChI=1S/C18H15F3N2O4/c19-18(20,21)10-23-16(22-13-7-3-1-5-11(13)17(23)26)12-6-2-4-8-14(12)27-9-15(24)25/h1-8,16,22H,9-10H2,(H,24,25)/p-1/t16-/m1/s1. The Morgan fingerprint density at radius 1 is 1.15 bits per heavy atom. The van der Waals surface area contributed by atoms with Crippen molar-refractivity contribution >= 4 is 17.6 Å². The van der Waals surface area contributed by atoms with Gasteiger partial charge in [-0.2, -0.15) is 13.2 Å². The Bertz CT molecular complexity index is 870. The molecule has 3 rings (SSSR count). The molecule has 0 fully saturated rings. The molecule has 1 N–H and O–H groups in total. The van der Waals surface area contributed by atoms with Gasteiger partial charge in [0.2, 0.25) is 0 Å². The van der Waals surface area contributed by atoms with Crippen LogP contribution in [0, 0.1) is 0 Å². The molecule has 1 aliphatic rings. The summed E-state index contributed by atoms with van der Waals surface area (Å²) in [7, 11) is 0. The van der Waals surface area contributed by atoms with Gasteiger partial charge in [0.05, 0.1) is 11.5 Å². The number of fused-ring (bicyclic) bond motifs is 1. The summed E-state index contributed by atoms with van der Waals surface area (Å²) in [4.78, 5) is 24.0. The number of halogens is 3. The van der Waals surface area contributed by atoms with Crippen LogP contribution in [0.3, 0.4) is 0 Å². The maximum absolute atomic E-state index is 13.1. The number of para-hydroxylation sites is 2. The number of ether oxygens (including phenoxy) is 1. The topological polar surface area (TPSA) is 81.7 Å². The first-order valence-corrected chi connectivity index (χ1v) is 7.91. The Kier molecular flexibility index (Phi) is 4.93. The summed E-state index contributed by atoms with van der Waals surface area (Å²) in [6.07, 6.45) is -5.81. The molecular formula is C18H14F3N2O4-. The predicted molar refractivity (Wildman–Crippen MR) is 86.8 cm³/mol. The van der Waals surface area contributed by atoms with E-state index in [0.717, 1.165) is 0 Å². The summed E-state index contributed by atoms with van der Waals surface area (Å²) in [6, 6.07) is 12.2. The number of nitrogens with one attached hydrogen (secondary N) is 1. The number of alkyl halides is 3. The normalized spacial score (nSPS) is 16.5. The van der Waals surface area contributed by atoms with Gasteiger partial charge in [-0.15, -0.1) is 0 Å². The van der Waals surface area contributed by atoms with Crippen molar-refractivity contribution in [2.45, 2.75) is 12.3 Å². The van der Waals surface area contributed by atoms with E-state index < -0.39 is 37.4 Å². The first kappa shape index (κ1) is 18.6. The zero-order valence-electron chi connectivity index (χ0n) is 13.8. The van der Waals surface area contributed by atoms with E-state index in [9.17, 15) is 27.9 Å². The Hall–Kier alpha value is -3.23. The van der Waals surface area contributed by atoms with Gasteiger partial charge in [0.1, 0.15) is 25.1 Å². The Morgan fingerprint density at radius 2 is 1.81 bits per heavy atom. The fourth-order valence-corrected chi connectivity index (χ4v) is 2.87. The minimum atomic E-state index is -4.62. The highest BCUT2D eigenvalue weighted by Gasteiger charge is 2.41. The van der Waals surface area contributed by atoms with Gasteiger partial charge in [-0.05, 0) is 18.2 Å². The Morgan fingerprint density at radius 3 is 2.52 bits per heavy atom. The van der Waals surface area contributed by atoms with Gasteiger partial charge < -0.3 is 24.9 Å². The highest BCUT2D eigenvalue weighted by Crippen LogP contribution is 2.38. The summed E-state index contributed by atoms with van der Waals surface area (Å²) in [5.41, 5.74) is 0.692. The lowest BCUT2D eigenvalue weighted by atomic mass is 10.0. The number of amides is 1. The molecule has 0 spiro atoms. The molecule has 27 heavy (non-hydrogen) atoms. The van der Waals surface area contributed by atoms with E-state index in [1.54, 1.807) is 30.3 Å². The molecule has 0 bridgehead atoms. The van der Waals surface area contributed by atoms with Gasteiger partial charge in [-0.25, -0.2) is 0 Å². The molecule has 1 aliphatic heterocycles. The number of aliphatic carboxylic acids is 1. The number of carbonyl (C=O) groups is 2. The van der Waals surface area contributed by atoms with Crippen LogP contribution in [0.4, 0.5) is 18.9 Å². The average Bonchev–Trinajstić information content (AvgIpc) is 2.61. The van der Waals surface area contributed by atoms with Crippen molar-refractivity contribution < 1.29 is 32.6 Å². The van der Waals surface area contributed by atoms with Crippen LogP contribution in [-0.4, -0.2) is 36.1 Å². The number of hydrogen-bond donors (Lipinski definition) is 1. The van der Waals surface area contributed by atoms with Crippen LogP contribution in [0.15, 0.2) is 48.5 Å². The van der Waals surface area contributed by atoms with Gasteiger partial charge in [-0.1, -0.05) is 30.3 Å². The fraction of sp³-hybridized carbons (Fsp3) is 0.222. The Balaban J connectivity index is 2.04. The van der Waals surface area contributed by atoms with Crippen molar-refractivity contribution in [1.29, 1.82) is 0 Å². The van der Waals surface area contributed by atoms with E-state index in [4.69, 9.17) is 4.74 Å². The fourth-order valence-electron chi connectivity index (χ4n) is 2.87. The smallest absolute Gasteiger partial charge is 0.406 e. The second kappa shape index (κ2) is 7.18. The van der Waals surface area contributed by atoms with Crippen molar-refractivity contribution in [1.82, 2.24) is 4.90 Å². The van der Waals surface area contributed by atoms with Crippen LogP contribution in [0.25, 0.3) is 0 Å². The minimum absolute atomic E-state index is 0.0403. The summed E-state index contributed by atoms with van der Waals surface area (Å²) in [6.45, 7) is -2.25. The average molecular weight is 379 g/mol. The maximum atomic E-state index is 13.1. The molecule has 2 aromatic carbocycles. The van der Waals surface area contributed by atoms with Crippen LogP contribution in [-0.2, 0) is 4.79 Å². The van der Waals surface area contributed by atoms with Crippen LogP contribution in [0.1, 0.15) is 22.1 Å². The first-order valence-electron chi connectivity index (χ1n) is 7.91. The zero-order valence-corrected chi connectivity index (χ0v) is 13.8. The molecule has 2 aromatic rings. The summed E-state index contributed by atoms with van der Waals surface area (Å²) in [5.74, 6) is -2.23. The number of rotatable bonds is 5. The van der Waals surface area contributed by atoms with Gasteiger partial charge in [0.25, 0.3) is 5.91 Å². The van der Waals surface area contributed by atoms with E-state index in [1.165, 1.54) is 18.2 Å². The minimum Gasteiger partial charge on any atom is -0.546 e. The molecule has 9 heteroatoms. The maximum Gasteiger partial charge on any atom is 0.406 e. The summed E-state index contributed by atoms with van der Waals surface area (Å²) < 4.78 is 44.4. The predicted octanol–water partition coefficient (Wildman–Crippen LogP) is 1.94. The zero-order chi connectivity index (χ0) is 19.6. The molecular weight excluding hydrogens is 365 g/mol. The molecule has 0 aliphatic carbocycles. The molecule has 0 saturated heterocycles. The monoisotopic (exact) mass is 379 g/mol. The van der Waals surface area contributed by atoms with Gasteiger partial charge in [0, 0.05) is 11.3 Å². The molecule has 0 aromatic heterocycles. The van der Waals surface area contributed by atoms with Crippen LogP contribution < -0.4 is 15.2 Å². The lowest BCUT2D eigenvalue weighted by molar-refractivity contribution is -0.307. The second-order valence-electron chi connectivity index (χ2n) is 5.84. The quantitative estimate of drug-likeness (QED) is 0.859. The van der Waals surface area contributed by atoms with E-state index in [2.05, 4.69) is 5.32 Å². The van der Waals surface area contributed by atoms with Crippen LogP contribution >= 0.6 is 0 Å². The van der Waals surface area contributed by atoms with Gasteiger partial charge in [-0.3, -0.25) is 4.79 Å². The molecule has 1 heterocycles. The molecule has 6 nitrogen and oxygen atoms in total. The molecule has 0 radical (unpaired) electrons. The highest BCUT2D eigenvalue weighted by atomic mass is 19.4. The van der Waals surface area contributed by atoms with Crippen LogP contribution in [0.5, 0.6) is 5.75 Å². The van der Waals surface area contributed by atoms with Crippen molar-refractivity contribution in [3.63, 3.8) is 0 Å². The summed E-state index contributed by atoms with van der Waals surface area (Å²) in [5, 5.41) is 13.6. The largest absolute Gasteiger partial charge is 0.546 e. The molecule has 1 amide bonds. The van der Waals surface area contributed by atoms with Crippen molar-refractivity contribution in [2.24, 2.45) is 0 Å². The molecule has 0 saturated carbocycles. The third kappa shape index (κ3) is 4.13. The van der Waals surface area contributed by atoms with E-state index in [1.807, 2.05) is 0 Å². The lowest BCUT2D eigenvalue weighted by Gasteiger charge is -2.38. The number of carboxylic acids is 1. The van der Waals surface area contributed by atoms with Gasteiger partial charge in [0.15, 0.2) is 0 Å². The van der Waals surface area contributed by atoms with E-state index in [-0.39, 0.29) is 16.9 Å². The van der Waals surface area contributed by atoms with Crippen LogP contribution in [0.2, 0.25) is 0 Å². The number of nitrogens with zero attached hydrogens (tertiary/aromatic N) is 1. The van der Waals surface area contributed by atoms with E-state index >= 15 is 0 Å². The third-order valence-electron chi connectivity index (χ3n) is 3.93. The molecule has 142 valence electrons. The number of carboxylic acid groups (broad SMARTS) is 1. The number of benzene rings is 2. The third-order valence-corrected chi connectivity index (χ3v) is 3.93. The molecule has 1 atom stereocenters. The first-order chi connectivity index (χ1) is 12.8. The SMILES string of the molecule is O=C([O-])COc1ccccc1[C@@H]1Nc2ccccc2C(=O)N1CC(F)(F)F. The molecule has 0 unspecified atom stereocenters. The number of hydrogen-bond acceptors (Lipinski definition) is 5. The summed E-state index contributed by atoms with van der Waals surface area (Å²) >= 11 is 0. The highest BCUT2D eigenvalue weighted by molar-refractivity contribution is 6.01. The van der Waals surface area contributed by atoms with Gasteiger partial charge >= 0.3 is 6.18 Å².